The van der Waals surface area contributed by atoms with Crippen molar-refractivity contribution in [3.8, 4) is 0 Å². The fraction of sp³-hybridized carbons (Fsp3) is 0.556. The van der Waals surface area contributed by atoms with Crippen LogP contribution in [0.4, 0.5) is 5.69 Å². The van der Waals surface area contributed by atoms with Crippen molar-refractivity contribution in [1.29, 1.82) is 0 Å². The predicted octanol–water partition coefficient (Wildman–Crippen LogP) is 1.58. The molecule has 1 aliphatic rings. The zero-order chi connectivity index (χ0) is 17.4. The maximum absolute atomic E-state index is 11.5. The van der Waals surface area contributed by atoms with Crippen LogP contribution in [-0.2, 0) is 9.53 Å². The molecule has 0 bridgehead atoms. The highest BCUT2D eigenvalue weighted by Gasteiger charge is 2.20. The summed E-state index contributed by atoms with van der Waals surface area (Å²) in [6.45, 7) is 8.88. The summed E-state index contributed by atoms with van der Waals surface area (Å²) in [6, 6.07) is 10.5. The molecule has 2 rings (SSSR count). The minimum absolute atomic E-state index is 0.219. The van der Waals surface area contributed by atoms with E-state index in [-0.39, 0.29) is 11.9 Å². The molecule has 1 saturated heterocycles. The van der Waals surface area contributed by atoms with Crippen LogP contribution in [-0.4, -0.2) is 63.2 Å². The Balaban J connectivity index is 1.94. The summed E-state index contributed by atoms with van der Waals surface area (Å²) in [4.78, 5) is 20.8. The molecule has 6 heteroatoms. The molecule has 1 heterocycles. The van der Waals surface area contributed by atoms with Gasteiger partial charge in [-0.2, -0.15) is 0 Å². The van der Waals surface area contributed by atoms with Crippen molar-refractivity contribution in [2.45, 2.75) is 13.8 Å². The number of benzene rings is 1. The zero-order valence-corrected chi connectivity index (χ0v) is 14.9. The number of carbonyl (C=O) groups excluding carboxylic acids is 1. The number of guanidine groups is 1. The molecule has 1 aliphatic heterocycles. The second-order valence-electron chi connectivity index (χ2n) is 5.93. The largest absolute Gasteiger partial charge is 0.469 e. The lowest BCUT2D eigenvalue weighted by Crippen LogP contribution is -2.52. The van der Waals surface area contributed by atoms with Gasteiger partial charge in [0.05, 0.1) is 19.6 Å². The summed E-state index contributed by atoms with van der Waals surface area (Å²) in [6.07, 6.45) is 0. The first kappa shape index (κ1) is 18.1. The second kappa shape index (κ2) is 9.15. The molecule has 132 valence electrons. The summed E-state index contributed by atoms with van der Waals surface area (Å²) in [7, 11) is 1.41. The summed E-state index contributed by atoms with van der Waals surface area (Å²) in [5, 5.41) is 3.32. The Bertz CT molecular complexity index is 539. The summed E-state index contributed by atoms with van der Waals surface area (Å²) in [5.41, 5.74) is 1.26. The van der Waals surface area contributed by atoms with Gasteiger partial charge in [-0.25, -0.2) is 0 Å². The highest BCUT2D eigenvalue weighted by molar-refractivity contribution is 5.81. The average molecular weight is 332 g/mol. The molecule has 24 heavy (non-hydrogen) atoms. The smallest absolute Gasteiger partial charge is 0.310 e. The lowest BCUT2D eigenvalue weighted by Gasteiger charge is -2.37. The Morgan fingerprint density at radius 2 is 1.92 bits per heavy atom. The van der Waals surface area contributed by atoms with E-state index in [1.54, 1.807) is 0 Å². The van der Waals surface area contributed by atoms with Crippen LogP contribution in [0.25, 0.3) is 0 Å². The summed E-state index contributed by atoms with van der Waals surface area (Å²) in [5.74, 6) is 0.429. The maximum Gasteiger partial charge on any atom is 0.310 e. The lowest BCUT2D eigenvalue weighted by atomic mass is 10.2. The van der Waals surface area contributed by atoms with Gasteiger partial charge in [0, 0.05) is 38.4 Å². The third kappa shape index (κ3) is 4.88. The third-order valence-electron chi connectivity index (χ3n) is 4.15. The van der Waals surface area contributed by atoms with Crippen LogP contribution in [0, 0.1) is 5.92 Å². The van der Waals surface area contributed by atoms with Gasteiger partial charge in [0.15, 0.2) is 5.96 Å². The quantitative estimate of drug-likeness (QED) is 0.504. The Labute approximate surface area is 144 Å². The molecule has 1 aromatic carbocycles. The number of nitrogens with one attached hydrogen (secondary N) is 1. The molecule has 0 radical (unpaired) electrons. The van der Waals surface area contributed by atoms with Crippen molar-refractivity contribution in [2.24, 2.45) is 10.9 Å². The fourth-order valence-corrected chi connectivity index (χ4v) is 2.74. The molecule has 1 N–H and O–H groups in total. The highest BCUT2D eigenvalue weighted by Crippen LogP contribution is 2.15. The van der Waals surface area contributed by atoms with E-state index in [1.807, 2.05) is 13.0 Å². The number of para-hydroxylation sites is 1. The highest BCUT2D eigenvalue weighted by atomic mass is 16.5. The number of carbonyl (C=O) groups is 1. The normalized spacial score (nSPS) is 16.7. The van der Waals surface area contributed by atoms with Crippen LogP contribution in [0.2, 0.25) is 0 Å². The molecule has 1 fully saturated rings. The molecule has 6 nitrogen and oxygen atoms in total. The van der Waals surface area contributed by atoms with Crippen molar-refractivity contribution >= 4 is 17.6 Å². The molecule has 1 aromatic rings. The van der Waals surface area contributed by atoms with Gasteiger partial charge in [-0.15, -0.1) is 0 Å². The van der Waals surface area contributed by atoms with Gasteiger partial charge in [0.25, 0.3) is 0 Å². The number of anilines is 1. The van der Waals surface area contributed by atoms with E-state index in [1.165, 1.54) is 12.8 Å². The minimum atomic E-state index is -0.228. The Morgan fingerprint density at radius 3 is 2.50 bits per heavy atom. The third-order valence-corrected chi connectivity index (χ3v) is 4.15. The molecular weight excluding hydrogens is 304 g/mol. The van der Waals surface area contributed by atoms with E-state index in [0.717, 1.165) is 38.7 Å². The monoisotopic (exact) mass is 332 g/mol. The van der Waals surface area contributed by atoms with Gasteiger partial charge in [-0.1, -0.05) is 25.1 Å². The van der Waals surface area contributed by atoms with Crippen molar-refractivity contribution in [3.05, 3.63) is 30.3 Å². The van der Waals surface area contributed by atoms with Gasteiger partial charge in [0.2, 0.25) is 0 Å². The molecule has 0 aliphatic carbocycles. The average Bonchev–Trinajstić information content (AvgIpc) is 2.65. The van der Waals surface area contributed by atoms with Crippen LogP contribution >= 0.6 is 0 Å². The Hall–Kier alpha value is -2.24. The Morgan fingerprint density at radius 1 is 1.25 bits per heavy atom. The van der Waals surface area contributed by atoms with E-state index in [9.17, 15) is 4.79 Å². The Kier molecular flexibility index (Phi) is 6.90. The second-order valence-corrected chi connectivity index (χ2v) is 5.93. The maximum atomic E-state index is 11.5. The van der Waals surface area contributed by atoms with Crippen LogP contribution < -0.4 is 10.2 Å². The van der Waals surface area contributed by atoms with E-state index in [4.69, 9.17) is 4.74 Å². The van der Waals surface area contributed by atoms with E-state index in [0.29, 0.717) is 6.54 Å². The summed E-state index contributed by atoms with van der Waals surface area (Å²) < 4.78 is 4.76. The van der Waals surface area contributed by atoms with E-state index >= 15 is 0 Å². The van der Waals surface area contributed by atoms with Gasteiger partial charge >= 0.3 is 5.97 Å². The molecule has 0 spiro atoms. The SMILES string of the molecule is CCNC(=NCC(C)C(=O)OC)N1CCN(c2ccccc2)CC1. The van der Waals surface area contributed by atoms with Crippen LogP contribution in [0.15, 0.2) is 35.3 Å². The van der Waals surface area contributed by atoms with E-state index in [2.05, 4.69) is 51.3 Å². The minimum Gasteiger partial charge on any atom is -0.469 e. The number of ether oxygens (including phenoxy) is 1. The number of hydrogen-bond donors (Lipinski definition) is 1. The van der Waals surface area contributed by atoms with Gasteiger partial charge in [-0.3, -0.25) is 9.79 Å². The molecule has 0 saturated carbocycles. The zero-order valence-electron chi connectivity index (χ0n) is 14.9. The number of methoxy groups -OCH3 is 1. The van der Waals surface area contributed by atoms with Gasteiger partial charge < -0.3 is 19.9 Å². The molecule has 1 atom stereocenters. The van der Waals surface area contributed by atoms with E-state index < -0.39 is 0 Å². The lowest BCUT2D eigenvalue weighted by molar-refractivity contribution is -0.144. The standard InChI is InChI=1S/C18H28N4O2/c1-4-19-18(20-14-15(2)17(23)24-3)22-12-10-21(11-13-22)16-8-6-5-7-9-16/h5-9,15H,4,10-14H2,1-3H3,(H,19,20). The van der Waals surface area contributed by atoms with Gasteiger partial charge in [0.1, 0.15) is 0 Å². The first-order valence-electron chi connectivity index (χ1n) is 8.56. The fourth-order valence-electron chi connectivity index (χ4n) is 2.74. The molecule has 0 aromatic heterocycles. The van der Waals surface area contributed by atoms with Gasteiger partial charge in [-0.05, 0) is 19.1 Å². The molecule has 0 amide bonds. The number of nitrogens with zero attached hydrogens (tertiary/aromatic N) is 3. The van der Waals surface area contributed by atoms with Crippen LogP contribution in [0.3, 0.4) is 0 Å². The number of piperazine rings is 1. The van der Waals surface area contributed by atoms with Crippen molar-refractivity contribution in [2.75, 3.05) is 51.3 Å². The van der Waals surface area contributed by atoms with Crippen molar-refractivity contribution in [3.63, 3.8) is 0 Å². The van der Waals surface area contributed by atoms with Crippen LogP contribution in [0.5, 0.6) is 0 Å². The first-order chi connectivity index (χ1) is 11.7. The number of esters is 1. The first-order valence-corrected chi connectivity index (χ1v) is 8.56. The topological polar surface area (TPSA) is 57.2 Å². The number of aliphatic imine (C=N–C) groups is 1. The number of hydrogen-bond acceptors (Lipinski definition) is 4. The van der Waals surface area contributed by atoms with Crippen molar-refractivity contribution < 1.29 is 9.53 Å². The molecular formula is C18H28N4O2. The van der Waals surface area contributed by atoms with Crippen LogP contribution in [0.1, 0.15) is 13.8 Å². The summed E-state index contributed by atoms with van der Waals surface area (Å²) >= 11 is 0. The predicted molar refractivity (Wildman–Crippen MR) is 97.4 cm³/mol. The number of rotatable bonds is 5. The van der Waals surface area contributed by atoms with Crippen molar-refractivity contribution in [1.82, 2.24) is 10.2 Å². The molecule has 1 unspecified atom stereocenters.